The van der Waals surface area contributed by atoms with Gasteiger partial charge in [-0.2, -0.15) is 0 Å². The molecule has 0 saturated heterocycles. The first-order valence-electron chi connectivity index (χ1n) is 7.71. The second kappa shape index (κ2) is 8.74. The van der Waals surface area contributed by atoms with E-state index in [1.807, 2.05) is 22.4 Å². The second-order valence-electron chi connectivity index (χ2n) is 5.79. The Morgan fingerprint density at radius 1 is 1.43 bits per heavy atom. The summed E-state index contributed by atoms with van der Waals surface area (Å²) in [6.45, 7) is 6.12. The van der Waals surface area contributed by atoms with Crippen LogP contribution in [0.2, 0.25) is 0 Å². The third kappa shape index (κ3) is 5.41. The molecule has 0 aliphatic heterocycles. The van der Waals surface area contributed by atoms with E-state index in [0.717, 1.165) is 22.8 Å². The fourth-order valence-electron chi connectivity index (χ4n) is 2.24. The Labute approximate surface area is 141 Å². The zero-order valence-corrected chi connectivity index (χ0v) is 14.7. The Bertz CT molecular complexity index is 613. The van der Waals surface area contributed by atoms with Gasteiger partial charge in [0.25, 0.3) is 0 Å². The highest BCUT2D eigenvalue weighted by Gasteiger charge is 2.17. The van der Waals surface area contributed by atoms with Crippen LogP contribution in [0.25, 0.3) is 10.6 Å². The van der Waals surface area contributed by atoms with E-state index < -0.39 is 0 Å². The maximum atomic E-state index is 12.5. The molecule has 0 aliphatic rings. The van der Waals surface area contributed by atoms with Crippen LogP contribution in [0.4, 0.5) is 0 Å². The number of nitrogens with zero attached hydrogens (tertiary/aromatic N) is 3. The zero-order chi connectivity index (χ0) is 16.7. The normalized spacial score (nSPS) is 11.0. The van der Waals surface area contributed by atoms with Crippen LogP contribution in [0.5, 0.6) is 0 Å². The SMILES string of the molecule is COCCN(CC(C)C)C(=O)Cc1csc(-c2cccnc2)n1. The number of pyridine rings is 1. The summed E-state index contributed by atoms with van der Waals surface area (Å²) in [6.07, 6.45) is 3.85. The van der Waals surface area contributed by atoms with Crippen LogP contribution in [0.1, 0.15) is 19.5 Å². The molecule has 124 valence electrons. The molecule has 0 fully saturated rings. The van der Waals surface area contributed by atoms with Crippen molar-refractivity contribution in [3.63, 3.8) is 0 Å². The van der Waals surface area contributed by atoms with Gasteiger partial charge in [0.05, 0.1) is 18.7 Å². The highest BCUT2D eigenvalue weighted by atomic mass is 32.1. The van der Waals surface area contributed by atoms with Gasteiger partial charge >= 0.3 is 0 Å². The van der Waals surface area contributed by atoms with Crippen molar-refractivity contribution in [1.82, 2.24) is 14.9 Å². The molecule has 1 amide bonds. The first-order chi connectivity index (χ1) is 11.1. The maximum Gasteiger partial charge on any atom is 0.228 e. The molecule has 0 spiro atoms. The molecule has 2 aromatic rings. The largest absolute Gasteiger partial charge is 0.383 e. The fraction of sp³-hybridized carbons (Fsp3) is 0.471. The van der Waals surface area contributed by atoms with Crippen LogP contribution in [0, 0.1) is 5.92 Å². The molecule has 0 saturated carbocycles. The lowest BCUT2D eigenvalue weighted by molar-refractivity contribution is -0.131. The van der Waals surface area contributed by atoms with E-state index in [1.54, 1.807) is 30.8 Å². The highest BCUT2D eigenvalue weighted by Crippen LogP contribution is 2.23. The second-order valence-corrected chi connectivity index (χ2v) is 6.65. The van der Waals surface area contributed by atoms with E-state index in [9.17, 15) is 4.79 Å². The number of thiazole rings is 1. The molecule has 0 bridgehead atoms. The number of hydrogen-bond acceptors (Lipinski definition) is 5. The average Bonchev–Trinajstić information content (AvgIpc) is 3.00. The van der Waals surface area contributed by atoms with Crippen molar-refractivity contribution in [2.75, 3.05) is 26.8 Å². The molecule has 23 heavy (non-hydrogen) atoms. The number of carbonyl (C=O) groups is 1. The number of carbonyl (C=O) groups excluding carboxylic acids is 1. The first kappa shape index (κ1) is 17.6. The Kier molecular flexibility index (Phi) is 6.67. The minimum Gasteiger partial charge on any atom is -0.383 e. The van der Waals surface area contributed by atoms with E-state index >= 15 is 0 Å². The van der Waals surface area contributed by atoms with E-state index in [2.05, 4.69) is 23.8 Å². The minimum absolute atomic E-state index is 0.0961. The summed E-state index contributed by atoms with van der Waals surface area (Å²) in [5.41, 5.74) is 1.79. The van der Waals surface area contributed by atoms with Crippen molar-refractivity contribution in [2.24, 2.45) is 5.92 Å². The van der Waals surface area contributed by atoms with Gasteiger partial charge in [0.2, 0.25) is 5.91 Å². The Balaban J connectivity index is 2.02. The van der Waals surface area contributed by atoms with Crippen molar-refractivity contribution in [1.29, 1.82) is 0 Å². The van der Waals surface area contributed by atoms with E-state index in [4.69, 9.17) is 4.74 Å². The third-order valence-corrected chi connectivity index (χ3v) is 4.24. The Hall–Kier alpha value is -1.79. The van der Waals surface area contributed by atoms with Gasteiger partial charge in [0, 0.05) is 43.5 Å². The Morgan fingerprint density at radius 3 is 2.91 bits per heavy atom. The molecular formula is C17H23N3O2S. The van der Waals surface area contributed by atoms with E-state index in [1.165, 1.54) is 0 Å². The quantitative estimate of drug-likeness (QED) is 0.745. The van der Waals surface area contributed by atoms with Crippen LogP contribution in [0.3, 0.4) is 0 Å². The van der Waals surface area contributed by atoms with Gasteiger partial charge in [-0.05, 0) is 18.1 Å². The number of rotatable bonds is 8. The maximum absolute atomic E-state index is 12.5. The lowest BCUT2D eigenvalue weighted by Crippen LogP contribution is -2.37. The lowest BCUT2D eigenvalue weighted by Gasteiger charge is -2.24. The molecule has 0 aromatic carbocycles. The first-order valence-corrected chi connectivity index (χ1v) is 8.59. The van der Waals surface area contributed by atoms with Gasteiger partial charge in [0.15, 0.2) is 0 Å². The van der Waals surface area contributed by atoms with Crippen molar-refractivity contribution < 1.29 is 9.53 Å². The number of hydrogen-bond donors (Lipinski definition) is 0. The van der Waals surface area contributed by atoms with Crippen LogP contribution < -0.4 is 0 Å². The molecule has 0 unspecified atom stereocenters. The smallest absolute Gasteiger partial charge is 0.228 e. The number of ether oxygens (including phenoxy) is 1. The van der Waals surface area contributed by atoms with Gasteiger partial charge < -0.3 is 9.64 Å². The summed E-state index contributed by atoms with van der Waals surface area (Å²) in [6, 6.07) is 3.86. The summed E-state index contributed by atoms with van der Waals surface area (Å²) in [7, 11) is 1.65. The van der Waals surface area contributed by atoms with Gasteiger partial charge in [-0.3, -0.25) is 9.78 Å². The van der Waals surface area contributed by atoms with Gasteiger partial charge in [-0.1, -0.05) is 13.8 Å². The van der Waals surface area contributed by atoms with Crippen molar-refractivity contribution in [3.8, 4) is 10.6 Å². The highest BCUT2D eigenvalue weighted by molar-refractivity contribution is 7.13. The molecule has 0 atom stereocenters. The summed E-state index contributed by atoms with van der Waals surface area (Å²) in [5.74, 6) is 0.524. The van der Waals surface area contributed by atoms with Crippen LogP contribution in [-0.4, -0.2) is 47.6 Å². The van der Waals surface area contributed by atoms with Crippen LogP contribution in [-0.2, 0) is 16.0 Å². The van der Waals surface area contributed by atoms with Gasteiger partial charge in [0.1, 0.15) is 5.01 Å². The summed E-state index contributed by atoms with van der Waals surface area (Å²) >= 11 is 1.54. The molecule has 0 N–H and O–H groups in total. The molecule has 6 heteroatoms. The number of methoxy groups -OCH3 is 1. The van der Waals surface area contributed by atoms with Crippen LogP contribution in [0.15, 0.2) is 29.9 Å². The molecule has 5 nitrogen and oxygen atoms in total. The monoisotopic (exact) mass is 333 g/mol. The fourth-order valence-corrected chi connectivity index (χ4v) is 3.05. The molecule has 2 rings (SSSR count). The van der Waals surface area contributed by atoms with Gasteiger partial charge in [-0.15, -0.1) is 11.3 Å². The van der Waals surface area contributed by atoms with Crippen molar-refractivity contribution in [2.45, 2.75) is 20.3 Å². The van der Waals surface area contributed by atoms with Crippen molar-refractivity contribution >= 4 is 17.2 Å². The molecule has 2 heterocycles. The topological polar surface area (TPSA) is 55.3 Å². The average molecular weight is 333 g/mol. The summed E-state index contributed by atoms with van der Waals surface area (Å²) < 4.78 is 5.10. The van der Waals surface area contributed by atoms with E-state index in [-0.39, 0.29) is 5.91 Å². The van der Waals surface area contributed by atoms with Gasteiger partial charge in [-0.25, -0.2) is 4.98 Å². The zero-order valence-electron chi connectivity index (χ0n) is 13.9. The predicted molar refractivity (Wildman–Crippen MR) is 92.3 cm³/mol. The summed E-state index contributed by atoms with van der Waals surface area (Å²) in [4.78, 5) is 23.0. The predicted octanol–water partition coefficient (Wildman–Crippen LogP) is 2.88. The van der Waals surface area contributed by atoms with Crippen molar-refractivity contribution in [3.05, 3.63) is 35.6 Å². The minimum atomic E-state index is 0.0961. The summed E-state index contributed by atoms with van der Waals surface area (Å²) in [5, 5.41) is 2.85. The standard InChI is InChI=1S/C17H23N3O2S/c1-13(2)11-20(7-8-22-3)16(21)9-15-12-23-17(19-15)14-5-4-6-18-10-14/h4-6,10,12-13H,7-9,11H2,1-3H3. The molecule has 0 aliphatic carbocycles. The Morgan fingerprint density at radius 2 is 2.26 bits per heavy atom. The number of amides is 1. The van der Waals surface area contributed by atoms with E-state index in [0.29, 0.717) is 25.5 Å². The molecular weight excluding hydrogens is 310 g/mol. The number of aromatic nitrogens is 2. The molecule has 2 aromatic heterocycles. The lowest BCUT2D eigenvalue weighted by atomic mass is 10.2. The third-order valence-electron chi connectivity index (χ3n) is 3.30. The molecule has 0 radical (unpaired) electrons. The van der Waals surface area contributed by atoms with Crippen LogP contribution >= 0.6 is 11.3 Å².